The summed E-state index contributed by atoms with van der Waals surface area (Å²) in [7, 11) is -2.34. The molecule has 9 nitrogen and oxygen atoms in total. The highest BCUT2D eigenvalue weighted by atomic mass is 32.2. The first kappa shape index (κ1) is 22.7. The molecule has 0 aliphatic carbocycles. The number of methoxy groups -OCH3 is 1. The molecule has 1 fully saturated rings. The Morgan fingerprint density at radius 1 is 1.13 bits per heavy atom. The van der Waals surface area contributed by atoms with Gasteiger partial charge in [-0.3, -0.25) is 9.59 Å². The average Bonchev–Trinajstić information content (AvgIpc) is 3.26. The molecule has 10 heteroatoms. The minimum atomic E-state index is -3.85. The van der Waals surface area contributed by atoms with Gasteiger partial charge in [-0.05, 0) is 36.2 Å². The molecule has 0 bridgehead atoms. The van der Waals surface area contributed by atoms with E-state index in [4.69, 9.17) is 9.47 Å². The number of rotatable bonds is 7. The van der Waals surface area contributed by atoms with Crippen molar-refractivity contribution in [3.63, 3.8) is 0 Å². The van der Waals surface area contributed by atoms with Crippen molar-refractivity contribution in [2.45, 2.75) is 24.6 Å². The van der Waals surface area contributed by atoms with Crippen LogP contribution in [0.4, 0.5) is 0 Å². The Bertz CT molecular complexity index is 1040. The van der Waals surface area contributed by atoms with Crippen molar-refractivity contribution in [3.05, 3.63) is 59.7 Å². The van der Waals surface area contributed by atoms with Gasteiger partial charge in [0.05, 0.1) is 25.2 Å². The van der Waals surface area contributed by atoms with Crippen LogP contribution in [0.3, 0.4) is 0 Å². The molecule has 3 rings (SSSR count). The molecule has 0 radical (unpaired) electrons. The lowest BCUT2D eigenvalue weighted by atomic mass is 10.2. The number of amides is 2. The average molecular weight is 448 g/mol. The summed E-state index contributed by atoms with van der Waals surface area (Å²) < 4.78 is 37.9. The molecule has 1 aliphatic heterocycles. The maximum absolute atomic E-state index is 13.0. The van der Waals surface area contributed by atoms with E-state index in [-0.39, 0.29) is 31.1 Å². The van der Waals surface area contributed by atoms with Crippen LogP contribution in [-0.2, 0) is 30.9 Å². The first-order valence-electron chi connectivity index (χ1n) is 9.71. The number of hydrogen-bond acceptors (Lipinski definition) is 6. The van der Waals surface area contributed by atoms with Crippen LogP contribution in [0.15, 0.2) is 53.4 Å². The lowest BCUT2D eigenvalue weighted by Gasteiger charge is -2.23. The Morgan fingerprint density at radius 3 is 2.52 bits per heavy atom. The minimum Gasteiger partial charge on any atom is -0.496 e. The summed E-state index contributed by atoms with van der Waals surface area (Å²) in [4.78, 5) is 24.2. The highest BCUT2D eigenvalue weighted by Gasteiger charge is 2.37. The van der Waals surface area contributed by atoms with Crippen LogP contribution in [0, 0.1) is 6.92 Å². The first-order valence-corrected chi connectivity index (χ1v) is 11.1. The van der Waals surface area contributed by atoms with E-state index in [1.165, 1.54) is 23.5 Å². The predicted molar refractivity (Wildman–Crippen MR) is 113 cm³/mol. The van der Waals surface area contributed by atoms with E-state index < -0.39 is 28.1 Å². The molecule has 0 spiro atoms. The quantitative estimate of drug-likeness (QED) is 0.607. The topological polar surface area (TPSA) is 114 Å². The second-order valence-electron chi connectivity index (χ2n) is 6.95. The molecule has 1 heterocycles. The van der Waals surface area contributed by atoms with Gasteiger partial charge in [0.25, 0.3) is 0 Å². The summed E-state index contributed by atoms with van der Waals surface area (Å²) in [5, 5.41) is 4.96. The highest BCUT2D eigenvalue weighted by Crippen LogP contribution is 2.26. The molecule has 0 saturated carbocycles. The van der Waals surface area contributed by atoms with E-state index in [1.54, 1.807) is 13.0 Å². The Balaban J connectivity index is 1.59. The molecule has 0 unspecified atom stereocenters. The van der Waals surface area contributed by atoms with Crippen LogP contribution in [-0.4, -0.2) is 57.6 Å². The summed E-state index contributed by atoms with van der Waals surface area (Å²) in [6, 6.07) is 13.8. The summed E-state index contributed by atoms with van der Waals surface area (Å²) in [5.74, 6) is -1.08. The van der Waals surface area contributed by atoms with Crippen molar-refractivity contribution < 1.29 is 27.5 Å². The monoisotopic (exact) mass is 447 g/mol. The predicted octanol–water partition coefficient (Wildman–Crippen LogP) is 0.783. The molecular weight excluding hydrogens is 422 g/mol. The van der Waals surface area contributed by atoms with Gasteiger partial charge in [-0.2, -0.15) is 4.31 Å². The third kappa shape index (κ3) is 5.40. The zero-order valence-electron chi connectivity index (χ0n) is 17.3. The van der Waals surface area contributed by atoms with Crippen molar-refractivity contribution in [2.75, 3.05) is 26.8 Å². The van der Waals surface area contributed by atoms with E-state index >= 15 is 0 Å². The number of carbonyl (C=O) groups excluding carboxylic acids is 2. The summed E-state index contributed by atoms with van der Waals surface area (Å²) in [5.41, 5.74) is 1.54. The Hall–Kier alpha value is -2.95. The number of nitrogens with one attached hydrogen (secondary N) is 2. The molecule has 1 atom stereocenters. The summed E-state index contributed by atoms with van der Waals surface area (Å²) in [6.07, 6.45) is -0.904. The zero-order valence-corrected chi connectivity index (χ0v) is 18.1. The van der Waals surface area contributed by atoms with Gasteiger partial charge in [-0.25, -0.2) is 8.42 Å². The normalized spacial score (nSPS) is 16.6. The molecule has 2 amide bonds. The molecule has 0 aromatic heterocycles. The van der Waals surface area contributed by atoms with Crippen LogP contribution in [0.25, 0.3) is 0 Å². The number of aryl methyl sites for hydroxylation is 1. The second kappa shape index (κ2) is 9.90. The third-order valence-electron chi connectivity index (χ3n) is 4.86. The van der Waals surface area contributed by atoms with E-state index in [0.717, 1.165) is 5.56 Å². The van der Waals surface area contributed by atoms with Gasteiger partial charge in [-0.15, -0.1) is 0 Å². The molecular formula is C21H25N3O6S. The van der Waals surface area contributed by atoms with Crippen LogP contribution >= 0.6 is 0 Å². The van der Waals surface area contributed by atoms with Gasteiger partial charge in [-0.1, -0.05) is 30.3 Å². The molecule has 1 saturated heterocycles. The lowest BCUT2D eigenvalue weighted by Crippen LogP contribution is -2.47. The summed E-state index contributed by atoms with van der Waals surface area (Å²) in [6.45, 7) is 2.16. The number of carbonyl (C=O) groups is 2. The molecule has 2 aromatic rings. The zero-order chi connectivity index (χ0) is 22.4. The van der Waals surface area contributed by atoms with Crippen molar-refractivity contribution in [1.82, 2.24) is 14.9 Å². The van der Waals surface area contributed by atoms with Gasteiger partial charge in [0, 0.05) is 13.1 Å². The second-order valence-corrected chi connectivity index (χ2v) is 8.84. The summed E-state index contributed by atoms with van der Waals surface area (Å²) >= 11 is 0. The van der Waals surface area contributed by atoms with Gasteiger partial charge in [0.1, 0.15) is 12.0 Å². The third-order valence-corrected chi connectivity index (χ3v) is 6.74. The minimum absolute atomic E-state index is 0.105. The van der Waals surface area contributed by atoms with Gasteiger partial charge >= 0.3 is 11.8 Å². The van der Waals surface area contributed by atoms with Gasteiger partial charge in [0.2, 0.25) is 10.0 Å². The molecule has 31 heavy (non-hydrogen) atoms. The van der Waals surface area contributed by atoms with Crippen LogP contribution in [0.1, 0.15) is 11.1 Å². The maximum atomic E-state index is 13.0. The van der Waals surface area contributed by atoms with Crippen molar-refractivity contribution >= 4 is 21.8 Å². The Kier molecular flexibility index (Phi) is 7.26. The Labute approximate surface area is 181 Å². The van der Waals surface area contributed by atoms with Crippen molar-refractivity contribution in [2.24, 2.45) is 0 Å². The lowest BCUT2D eigenvalue weighted by molar-refractivity contribution is -0.139. The number of sulfonamides is 1. The fourth-order valence-corrected chi connectivity index (χ4v) is 4.80. The van der Waals surface area contributed by atoms with Gasteiger partial charge < -0.3 is 20.1 Å². The largest absolute Gasteiger partial charge is 0.496 e. The maximum Gasteiger partial charge on any atom is 0.309 e. The fraction of sp³-hybridized carbons (Fsp3) is 0.333. The molecule has 2 N–H and O–H groups in total. The van der Waals surface area contributed by atoms with Crippen molar-refractivity contribution in [1.29, 1.82) is 0 Å². The van der Waals surface area contributed by atoms with E-state index in [2.05, 4.69) is 10.6 Å². The van der Waals surface area contributed by atoms with E-state index in [0.29, 0.717) is 11.3 Å². The van der Waals surface area contributed by atoms with Crippen LogP contribution in [0.2, 0.25) is 0 Å². The Morgan fingerprint density at radius 2 is 1.84 bits per heavy atom. The molecule has 1 aliphatic rings. The smallest absolute Gasteiger partial charge is 0.309 e. The SMILES string of the molecule is COc1ccc(S(=O)(=O)N2CCO[C@@H]2CNC(=O)C(=O)NCc2ccccc2)cc1C. The first-order chi connectivity index (χ1) is 14.8. The fourth-order valence-electron chi connectivity index (χ4n) is 3.21. The highest BCUT2D eigenvalue weighted by molar-refractivity contribution is 7.89. The van der Waals surface area contributed by atoms with E-state index in [9.17, 15) is 18.0 Å². The molecule has 166 valence electrons. The van der Waals surface area contributed by atoms with Crippen LogP contribution < -0.4 is 15.4 Å². The number of benzene rings is 2. The number of hydrogen-bond donors (Lipinski definition) is 2. The number of nitrogens with zero attached hydrogens (tertiary/aromatic N) is 1. The van der Waals surface area contributed by atoms with Gasteiger partial charge in [0.15, 0.2) is 0 Å². The molecule has 2 aromatic carbocycles. The number of ether oxygens (including phenoxy) is 2. The van der Waals surface area contributed by atoms with E-state index in [1.807, 2.05) is 30.3 Å². The van der Waals surface area contributed by atoms with Crippen LogP contribution in [0.5, 0.6) is 5.75 Å². The van der Waals surface area contributed by atoms with Crippen molar-refractivity contribution in [3.8, 4) is 5.75 Å². The standard InChI is InChI=1S/C21H25N3O6S/c1-15-12-17(8-9-18(15)29-2)31(27,28)24-10-11-30-19(24)14-23-21(26)20(25)22-13-16-6-4-3-5-7-16/h3-9,12,19H,10-11,13-14H2,1-2H3,(H,22,25)(H,23,26)/t19-/m1/s1.